The SMILES string of the molecule is CC(NC(=O)CCSCc1nc2sc3c(c2c(=O)[nH]1)CCC3)c1cccc(Cl)c1. The lowest BCUT2D eigenvalue weighted by molar-refractivity contribution is -0.121. The summed E-state index contributed by atoms with van der Waals surface area (Å²) in [5.74, 6) is 1.93. The van der Waals surface area contributed by atoms with Gasteiger partial charge in [-0.2, -0.15) is 11.8 Å². The van der Waals surface area contributed by atoms with Gasteiger partial charge in [0.15, 0.2) is 0 Å². The average molecular weight is 448 g/mol. The lowest BCUT2D eigenvalue weighted by Crippen LogP contribution is -2.26. The molecule has 2 aromatic heterocycles. The first-order chi connectivity index (χ1) is 14.0. The number of amides is 1. The number of carbonyl (C=O) groups excluding carboxylic acids is 1. The third kappa shape index (κ3) is 4.68. The Bertz CT molecular complexity index is 1110. The number of hydrogen-bond acceptors (Lipinski definition) is 5. The summed E-state index contributed by atoms with van der Waals surface area (Å²) in [6, 6.07) is 7.41. The minimum Gasteiger partial charge on any atom is -0.350 e. The number of thiophene rings is 1. The summed E-state index contributed by atoms with van der Waals surface area (Å²) in [6.45, 7) is 1.94. The highest BCUT2D eigenvalue weighted by Gasteiger charge is 2.21. The van der Waals surface area contributed by atoms with Gasteiger partial charge in [0.2, 0.25) is 5.91 Å². The first kappa shape index (κ1) is 20.4. The molecule has 0 aliphatic heterocycles. The van der Waals surface area contributed by atoms with E-state index in [1.54, 1.807) is 23.1 Å². The standard InChI is InChI=1S/C21H22ClN3O2S2/c1-12(13-4-2-5-14(22)10-13)23-18(26)8-9-28-11-17-24-20(27)19-15-6-3-7-16(15)29-21(19)25-17/h2,4-5,10,12H,3,6-9,11H2,1H3,(H,23,26)(H,24,25,27). The van der Waals surface area contributed by atoms with E-state index in [2.05, 4.69) is 15.3 Å². The highest BCUT2D eigenvalue weighted by atomic mass is 35.5. The number of nitrogens with zero attached hydrogens (tertiary/aromatic N) is 1. The summed E-state index contributed by atoms with van der Waals surface area (Å²) >= 11 is 9.26. The number of H-pyrrole nitrogens is 1. The minimum absolute atomic E-state index is 0.00318. The van der Waals surface area contributed by atoms with Gasteiger partial charge in [-0.1, -0.05) is 23.7 Å². The van der Waals surface area contributed by atoms with Crippen LogP contribution in [0.1, 0.15) is 47.6 Å². The van der Waals surface area contributed by atoms with Crippen molar-refractivity contribution in [3.05, 3.63) is 61.5 Å². The van der Waals surface area contributed by atoms with Crippen LogP contribution in [0.4, 0.5) is 0 Å². The molecule has 5 nitrogen and oxygen atoms in total. The van der Waals surface area contributed by atoms with E-state index in [-0.39, 0.29) is 17.5 Å². The molecule has 1 unspecified atom stereocenters. The minimum atomic E-state index is -0.0904. The zero-order valence-electron chi connectivity index (χ0n) is 16.1. The quantitative estimate of drug-likeness (QED) is 0.518. The van der Waals surface area contributed by atoms with Gasteiger partial charge in [-0.3, -0.25) is 9.59 Å². The predicted octanol–water partition coefficient (Wildman–Crippen LogP) is 4.63. The largest absolute Gasteiger partial charge is 0.350 e. The van der Waals surface area contributed by atoms with Crippen molar-refractivity contribution < 1.29 is 4.79 Å². The Morgan fingerprint density at radius 1 is 1.41 bits per heavy atom. The van der Waals surface area contributed by atoms with Crippen molar-refractivity contribution in [2.75, 3.05) is 5.75 Å². The normalized spacial score (nSPS) is 14.1. The van der Waals surface area contributed by atoms with E-state index in [4.69, 9.17) is 11.6 Å². The van der Waals surface area contributed by atoms with Crippen molar-refractivity contribution in [1.29, 1.82) is 0 Å². The molecule has 1 amide bonds. The molecule has 0 saturated carbocycles. The third-order valence-corrected chi connectivity index (χ3v) is 7.45. The van der Waals surface area contributed by atoms with Crippen molar-refractivity contribution in [2.24, 2.45) is 0 Å². The molecule has 0 radical (unpaired) electrons. The topological polar surface area (TPSA) is 74.8 Å². The van der Waals surface area contributed by atoms with E-state index >= 15 is 0 Å². The Morgan fingerprint density at radius 2 is 2.28 bits per heavy atom. The van der Waals surface area contributed by atoms with Gasteiger partial charge < -0.3 is 10.3 Å². The van der Waals surface area contributed by atoms with Crippen LogP contribution >= 0.6 is 34.7 Å². The van der Waals surface area contributed by atoms with Crippen LogP contribution in [0.3, 0.4) is 0 Å². The maximum Gasteiger partial charge on any atom is 0.259 e. The Kier molecular flexibility index (Phi) is 6.27. The number of aromatic amines is 1. The molecule has 0 saturated heterocycles. The van der Waals surface area contributed by atoms with Crippen LogP contribution in [-0.4, -0.2) is 21.6 Å². The molecule has 1 aliphatic carbocycles. The van der Waals surface area contributed by atoms with Gasteiger partial charge in [-0.05, 0) is 49.4 Å². The van der Waals surface area contributed by atoms with Gasteiger partial charge in [0.05, 0.1) is 17.2 Å². The summed E-state index contributed by atoms with van der Waals surface area (Å²) in [5.41, 5.74) is 2.15. The molecule has 4 rings (SSSR count). The van der Waals surface area contributed by atoms with E-state index in [1.165, 1.54) is 10.4 Å². The molecule has 152 valence electrons. The molecule has 0 bridgehead atoms. The summed E-state index contributed by atoms with van der Waals surface area (Å²) in [4.78, 5) is 34.4. The maximum absolute atomic E-state index is 12.5. The Balaban J connectivity index is 1.28. The zero-order valence-corrected chi connectivity index (χ0v) is 18.5. The van der Waals surface area contributed by atoms with Crippen molar-refractivity contribution in [1.82, 2.24) is 15.3 Å². The van der Waals surface area contributed by atoms with Crippen molar-refractivity contribution >= 4 is 50.8 Å². The smallest absolute Gasteiger partial charge is 0.259 e. The number of halogens is 1. The number of fused-ring (bicyclic) bond motifs is 3. The Morgan fingerprint density at radius 3 is 3.10 bits per heavy atom. The lowest BCUT2D eigenvalue weighted by Gasteiger charge is -2.14. The Labute approximate surface area is 182 Å². The van der Waals surface area contributed by atoms with Crippen LogP contribution in [0.25, 0.3) is 10.2 Å². The Hall–Kier alpha value is -1.83. The first-order valence-electron chi connectivity index (χ1n) is 9.67. The van der Waals surface area contributed by atoms with Crippen molar-refractivity contribution in [2.45, 2.75) is 44.4 Å². The van der Waals surface area contributed by atoms with Crippen LogP contribution in [0.5, 0.6) is 0 Å². The van der Waals surface area contributed by atoms with E-state index in [0.29, 0.717) is 28.8 Å². The molecule has 1 aromatic carbocycles. The van der Waals surface area contributed by atoms with Crippen molar-refractivity contribution in [3.63, 3.8) is 0 Å². The van der Waals surface area contributed by atoms with E-state index in [9.17, 15) is 9.59 Å². The fraction of sp³-hybridized carbons (Fsp3) is 0.381. The summed E-state index contributed by atoms with van der Waals surface area (Å²) in [6.07, 6.45) is 3.58. The maximum atomic E-state index is 12.5. The van der Waals surface area contributed by atoms with Crippen LogP contribution < -0.4 is 10.9 Å². The predicted molar refractivity (Wildman–Crippen MR) is 121 cm³/mol. The highest BCUT2D eigenvalue weighted by molar-refractivity contribution is 7.98. The molecule has 0 spiro atoms. The van der Waals surface area contributed by atoms with Crippen molar-refractivity contribution in [3.8, 4) is 0 Å². The first-order valence-corrected chi connectivity index (χ1v) is 12.0. The molecule has 1 atom stereocenters. The highest BCUT2D eigenvalue weighted by Crippen LogP contribution is 2.34. The van der Waals surface area contributed by atoms with Crippen LogP contribution in [0.15, 0.2) is 29.1 Å². The van der Waals surface area contributed by atoms with Gasteiger partial charge in [0, 0.05) is 22.1 Å². The molecular weight excluding hydrogens is 426 g/mol. The van der Waals surface area contributed by atoms with Gasteiger partial charge in [-0.25, -0.2) is 4.98 Å². The number of hydrogen-bond donors (Lipinski definition) is 2. The van der Waals surface area contributed by atoms with Gasteiger partial charge in [-0.15, -0.1) is 11.3 Å². The second-order valence-corrected chi connectivity index (χ2v) is 9.82. The average Bonchev–Trinajstić information content (AvgIpc) is 3.26. The number of thioether (sulfide) groups is 1. The molecule has 3 aromatic rings. The number of carbonyl (C=O) groups is 1. The summed E-state index contributed by atoms with van der Waals surface area (Å²) in [5, 5.41) is 4.44. The fourth-order valence-corrected chi connectivity index (χ4v) is 5.91. The molecule has 29 heavy (non-hydrogen) atoms. The summed E-state index contributed by atoms with van der Waals surface area (Å²) in [7, 11) is 0. The molecular formula is C21H22ClN3O2S2. The molecule has 1 aliphatic rings. The number of rotatable bonds is 7. The van der Waals surface area contributed by atoms with Gasteiger partial charge in [0.1, 0.15) is 10.7 Å². The van der Waals surface area contributed by atoms with E-state index in [0.717, 1.165) is 35.0 Å². The number of nitrogens with one attached hydrogen (secondary N) is 2. The lowest BCUT2D eigenvalue weighted by atomic mass is 10.1. The van der Waals surface area contributed by atoms with Crippen LogP contribution in [-0.2, 0) is 23.4 Å². The number of aryl methyl sites for hydroxylation is 2. The van der Waals surface area contributed by atoms with Crippen LogP contribution in [0.2, 0.25) is 5.02 Å². The molecule has 2 heterocycles. The zero-order chi connectivity index (χ0) is 20.4. The van der Waals surface area contributed by atoms with Crippen LogP contribution in [0, 0.1) is 0 Å². The molecule has 8 heteroatoms. The monoisotopic (exact) mass is 447 g/mol. The van der Waals surface area contributed by atoms with Gasteiger partial charge >= 0.3 is 0 Å². The van der Waals surface area contributed by atoms with E-state index in [1.807, 2.05) is 31.2 Å². The number of benzene rings is 1. The number of aromatic nitrogens is 2. The second-order valence-electron chi connectivity index (χ2n) is 7.20. The second kappa shape index (κ2) is 8.90. The molecule has 0 fully saturated rings. The third-order valence-electron chi connectivity index (χ3n) is 5.06. The fourth-order valence-electron chi connectivity index (χ4n) is 3.62. The summed E-state index contributed by atoms with van der Waals surface area (Å²) < 4.78 is 0. The molecule has 2 N–H and O–H groups in total. The van der Waals surface area contributed by atoms with Gasteiger partial charge in [0.25, 0.3) is 5.56 Å². The van der Waals surface area contributed by atoms with E-state index < -0.39 is 0 Å².